The summed E-state index contributed by atoms with van der Waals surface area (Å²) in [6.07, 6.45) is 5.23. The summed E-state index contributed by atoms with van der Waals surface area (Å²) in [7, 11) is 1.76. The van der Waals surface area contributed by atoms with Gasteiger partial charge in [0.05, 0.1) is 23.0 Å². The first-order valence-electron chi connectivity index (χ1n) is 10.9. The number of benzene rings is 2. The van der Waals surface area contributed by atoms with Crippen LogP contribution >= 0.6 is 23.1 Å². The average molecular weight is 441 g/mol. The quantitative estimate of drug-likeness (QED) is 0.294. The van der Waals surface area contributed by atoms with Crippen molar-refractivity contribution in [1.82, 2.24) is 9.88 Å². The first kappa shape index (κ1) is 21.5. The predicted molar refractivity (Wildman–Crippen MR) is 130 cm³/mol. The zero-order valence-corrected chi connectivity index (χ0v) is 19.4. The summed E-state index contributed by atoms with van der Waals surface area (Å²) >= 11 is 3.73. The Morgan fingerprint density at radius 2 is 1.70 bits per heavy atom. The van der Waals surface area contributed by atoms with Crippen molar-refractivity contribution in [2.24, 2.45) is 0 Å². The highest BCUT2D eigenvalue weighted by molar-refractivity contribution is 8.01. The second kappa shape index (κ2) is 11.0. The summed E-state index contributed by atoms with van der Waals surface area (Å²) in [6, 6.07) is 16.8. The van der Waals surface area contributed by atoms with E-state index in [1.807, 2.05) is 29.2 Å². The van der Waals surface area contributed by atoms with Gasteiger partial charge >= 0.3 is 0 Å². The normalized spacial score (nSPS) is 15.0. The van der Waals surface area contributed by atoms with E-state index in [1.54, 1.807) is 7.11 Å². The molecule has 0 amide bonds. The van der Waals surface area contributed by atoms with Crippen molar-refractivity contribution < 1.29 is 4.74 Å². The topological polar surface area (TPSA) is 28.6 Å². The van der Waals surface area contributed by atoms with E-state index in [9.17, 15) is 0 Å². The smallest absolute Gasteiger partial charge is 0.151 e. The third kappa shape index (κ3) is 5.68. The van der Waals surface area contributed by atoms with Crippen LogP contribution in [0.1, 0.15) is 25.7 Å². The standard InChI is InChI=1S/C24H31N3OS2/c1-28-22-12-6-5-11-21(22)27-17-15-26(16-18-27)14-8-2-3-9-19-29-24-25-20-10-4-7-13-23(20)30-24/h4-7,10-13H,2-3,8-9,14-19H2,1H3/i1-1. The molecule has 4 nitrogen and oxygen atoms in total. The molecule has 0 unspecified atom stereocenters. The minimum absolute atomic E-state index is 0.981. The molecule has 3 aromatic rings. The number of thiazole rings is 1. The molecule has 2 heterocycles. The second-order valence-electron chi connectivity index (χ2n) is 7.71. The molecule has 160 valence electrons. The van der Waals surface area contributed by atoms with Crippen molar-refractivity contribution in [2.75, 3.05) is 50.5 Å². The Labute approximate surface area is 188 Å². The number of fused-ring (bicyclic) bond motifs is 1. The summed E-state index contributed by atoms with van der Waals surface area (Å²) in [6.45, 7) is 5.68. The van der Waals surface area contributed by atoms with Gasteiger partial charge in [0.1, 0.15) is 5.75 Å². The van der Waals surface area contributed by atoms with Crippen LogP contribution in [0.25, 0.3) is 10.2 Å². The van der Waals surface area contributed by atoms with Crippen LogP contribution in [0.15, 0.2) is 52.9 Å². The molecule has 4 rings (SSSR count). The Kier molecular flexibility index (Phi) is 7.89. The number of para-hydroxylation sites is 3. The summed E-state index contributed by atoms with van der Waals surface area (Å²) in [5.74, 6) is 2.16. The van der Waals surface area contributed by atoms with Gasteiger partial charge in [0, 0.05) is 31.9 Å². The van der Waals surface area contributed by atoms with E-state index in [0.717, 1.165) is 37.4 Å². The van der Waals surface area contributed by atoms with E-state index in [-0.39, 0.29) is 0 Å². The minimum atomic E-state index is 0.981. The van der Waals surface area contributed by atoms with Crippen LogP contribution in [0.2, 0.25) is 0 Å². The summed E-state index contributed by atoms with van der Waals surface area (Å²) in [5.41, 5.74) is 2.36. The van der Waals surface area contributed by atoms with Crippen molar-refractivity contribution in [2.45, 2.75) is 30.0 Å². The largest absolute Gasteiger partial charge is 0.495 e. The van der Waals surface area contributed by atoms with Gasteiger partial charge in [-0.3, -0.25) is 4.90 Å². The zero-order valence-electron chi connectivity index (χ0n) is 17.8. The highest BCUT2D eigenvalue weighted by atomic mass is 32.2. The fourth-order valence-electron chi connectivity index (χ4n) is 3.97. The molecule has 1 aliphatic rings. The number of piperazine rings is 1. The molecule has 0 aliphatic carbocycles. The zero-order chi connectivity index (χ0) is 20.6. The molecule has 30 heavy (non-hydrogen) atoms. The SMILES string of the molecule is [11CH3]Oc1ccccc1N1CCN(CCCCCCSc2nc3ccccc3s2)CC1. The third-order valence-corrected chi connectivity index (χ3v) is 7.93. The Balaban J connectivity index is 1.08. The highest BCUT2D eigenvalue weighted by Crippen LogP contribution is 2.30. The number of anilines is 1. The number of hydrogen-bond donors (Lipinski definition) is 0. The van der Waals surface area contributed by atoms with E-state index >= 15 is 0 Å². The molecule has 1 aliphatic heterocycles. The van der Waals surface area contributed by atoms with E-state index in [4.69, 9.17) is 9.72 Å². The fourth-order valence-corrected chi connectivity index (χ4v) is 6.10. The molecule has 1 aromatic heterocycles. The lowest BCUT2D eigenvalue weighted by Gasteiger charge is -2.36. The number of aromatic nitrogens is 1. The molecule has 0 radical (unpaired) electrons. The van der Waals surface area contributed by atoms with Crippen molar-refractivity contribution in [3.63, 3.8) is 0 Å². The summed E-state index contributed by atoms with van der Waals surface area (Å²) in [4.78, 5) is 9.78. The van der Waals surface area contributed by atoms with E-state index in [2.05, 4.69) is 52.3 Å². The van der Waals surface area contributed by atoms with E-state index in [1.165, 1.54) is 52.7 Å². The van der Waals surface area contributed by atoms with Crippen LogP contribution in [0.3, 0.4) is 0 Å². The molecular weight excluding hydrogens is 409 g/mol. The number of unbranched alkanes of at least 4 members (excludes halogenated alkanes) is 3. The Morgan fingerprint density at radius 1 is 0.933 bits per heavy atom. The van der Waals surface area contributed by atoms with Crippen LogP contribution < -0.4 is 9.64 Å². The molecule has 0 N–H and O–H groups in total. The van der Waals surface area contributed by atoms with Crippen LogP contribution in [-0.4, -0.2) is 55.5 Å². The number of rotatable bonds is 10. The molecule has 6 heteroatoms. The molecule has 1 saturated heterocycles. The van der Waals surface area contributed by atoms with Crippen molar-refractivity contribution >= 4 is 39.0 Å². The van der Waals surface area contributed by atoms with Gasteiger partial charge in [0.25, 0.3) is 0 Å². The molecule has 2 aromatic carbocycles. The van der Waals surface area contributed by atoms with Crippen LogP contribution in [0, 0.1) is 0 Å². The van der Waals surface area contributed by atoms with Crippen LogP contribution in [0.4, 0.5) is 5.69 Å². The van der Waals surface area contributed by atoms with E-state index < -0.39 is 0 Å². The highest BCUT2D eigenvalue weighted by Gasteiger charge is 2.18. The number of hydrogen-bond acceptors (Lipinski definition) is 6. The first-order chi connectivity index (χ1) is 14.8. The van der Waals surface area contributed by atoms with Gasteiger partial charge < -0.3 is 9.64 Å². The molecule has 0 spiro atoms. The second-order valence-corrected chi connectivity index (χ2v) is 10.1. The van der Waals surface area contributed by atoms with Crippen molar-refractivity contribution in [1.29, 1.82) is 0 Å². The molecule has 0 saturated carbocycles. The van der Waals surface area contributed by atoms with Gasteiger partial charge in [-0.05, 0) is 43.7 Å². The fraction of sp³-hybridized carbons (Fsp3) is 0.458. The molecular formula is C24H31N3OS2. The Morgan fingerprint density at radius 3 is 2.53 bits per heavy atom. The van der Waals surface area contributed by atoms with E-state index in [0.29, 0.717) is 0 Å². The maximum Gasteiger partial charge on any atom is 0.151 e. The number of methoxy groups -OCH3 is 1. The van der Waals surface area contributed by atoms with Crippen molar-refractivity contribution in [3.8, 4) is 5.75 Å². The summed E-state index contributed by atoms with van der Waals surface area (Å²) < 4.78 is 8.03. The maximum atomic E-state index is 5.52. The lowest BCUT2D eigenvalue weighted by molar-refractivity contribution is 0.251. The first-order valence-corrected chi connectivity index (χ1v) is 12.7. The number of nitrogens with zero attached hydrogens (tertiary/aromatic N) is 3. The van der Waals surface area contributed by atoms with Gasteiger partial charge in [-0.1, -0.05) is 48.9 Å². The Hall–Kier alpha value is -1.76. The van der Waals surface area contributed by atoms with Crippen LogP contribution in [0.5, 0.6) is 5.75 Å². The molecule has 0 atom stereocenters. The lowest BCUT2D eigenvalue weighted by Crippen LogP contribution is -2.46. The van der Waals surface area contributed by atoms with Gasteiger partial charge in [0.2, 0.25) is 0 Å². The van der Waals surface area contributed by atoms with Gasteiger partial charge in [-0.15, -0.1) is 11.3 Å². The predicted octanol–water partition coefficient (Wildman–Crippen LogP) is 5.78. The average Bonchev–Trinajstić information content (AvgIpc) is 3.22. The monoisotopic (exact) mass is 440 g/mol. The van der Waals surface area contributed by atoms with Crippen LogP contribution in [-0.2, 0) is 0 Å². The third-order valence-electron chi connectivity index (χ3n) is 5.67. The van der Waals surface area contributed by atoms with Gasteiger partial charge in [-0.2, -0.15) is 0 Å². The van der Waals surface area contributed by atoms with Gasteiger partial charge in [-0.25, -0.2) is 4.98 Å². The molecule has 1 fully saturated rings. The Bertz CT molecular complexity index is 888. The van der Waals surface area contributed by atoms with Gasteiger partial charge in [0.15, 0.2) is 4.34 Å². The summed E-state index contributed by atoms with van der Waals surface area (Å²) in [5, 5.41) is 0. The number of thioether (sulfide) groups is 1. The molecule has 0 bridgehead atoms. The maximum absolute atomic E-state index is 5.52. The minimum Gasteiger partial charge on any atom is -0.495 e. The lowest BCUT2D eigenvalue weighted by atomic mass is 10.2. The van der Waals surface area contributed by atoms with Crippen molar-refractivity contribution in [3.05, 3.63) is 48.5 Å². The number of ether oxygens (including phenoxy) is 1.